The molecule has 0 saturated carbocycles. The van der Waals surface area contributed by atoms with E-state index < -0.39 is 47.1 Å². The van der Waals surface area contributed by atoms with Crippen LogP contribution in [0, 0.1) is 5.82 Å². The van der Waals surface area contributed by atoms with Crippen LogP contribution in [-0.4, -0.2) is 35.7 Å². The Hall–Kier alpha value is -1.92. The highest BCUT2D eigenvalue weighted by molar-refractivity contribution is 6.42. The summed E-state index contributed by atoms with van der Waals surface area (Å²) in [6.07, 6.45) is -13.1. The van der Waals surface area contributed by atoms with Crippen LogP contribution in [0.3, 0.4) is 0 Å². The van der Waals surface area contributed by atoms with Crippen molar-refractivity contribution in [1.29, 1.82) is 0 Å². The number of carbonyl (C=O) groups is 2. The number of hydrogen-bond donors (Lipinski definition) is 3. The van der Waals surface area contributed by atoms with Crippen LogP contribution in [0.5, 0.6) is 0 Å². The Kier molecular flexibility index (Phi) is 6.84. The molecule has 1 unspecified atom stereocenters. The lowest BCUT2D eigenvalue weighted by atomic mass is 10.0. The van der Waals surface area contributed by atoms with Gasteiger partial charge >= 0.3 is 18.3 Å². The van der Waals surface area contributed by atoms with Gasteiger partial charge in [0.1, 0.15) is 5.82 Å². The summed E-state index contributed by atoms with van der Waals surface area (Å²) in [4.78, 5) is 23.4. The first-order chi connectivity index (χ1) is 12.1. The maximum Gasteiger partial charge on any atom is 0.415 e. The molecule has 1 aromatic rings. The number of alkyl halides is 6. The molecule has 0 saturated heterocycles. The maximum atomic E-state index is 13.3. The molecular weight excluding hydrogens is 411 g/mol. The summed E-state index contributed by atoms with van der Waals surface area (Å²) in [6.45, 7) is 0.733. The van der Waals surface area contributed by atoms with E-state index in [1.165, 1.54) is 5.32 Å². The third-order valence-electron chi connectivity index (χ3n) is 3.43. The molecule has 27 heavy (non-hydrogen) atoms. The predicted molar refractivity (Wildman–Crippen MR) is 80.1 cm³/mol. The van der Waals surface area contributed by atoms with Crippen LogP contribution in [0.15, 0.2) is 18.2 Å². The highest BCUT2D eigenvalue weighted by atomic mass is 35.5. The number of ketones is 1. The Morgan fingerprint density at radius 2 is 1.59 bits per heavy atom. The zero-order valence-electron chi connectivity index (χ0n) is 13.6. The van der Waals surface area contributed by atoms with Gasteiger partial charge in [0.2, 0.25) is 5.54 Å². The van der Waals surface area contributed by atoms with Crippen LogP contribution >= 0.6 is 11.6 Å². The Labute approximate surface area is 153 Å². The summed E-state index contributed by atoms with van der Waals surface area (Å²) in [6, 6.07) is 2.66. The SMILES string of the molecule is CC(NNC(=O)C(=O)c1ccc(Cl)c(F)c1)NC(C)(C(F)(F)F)C(F)(F)F. The maximum absolute atomic E-state index is 13.3. The van der Waals surface area contributed by atoms with Gasteiger partial charge in [0.15, 0.2) is 0 Å². The predicted octanol–water partition coefficient (Wildman–Crippen LogP) is 3.10. The van der Waals surface area contributed by atoms with Crippen molar-refractivity contribution in [3.63, 3.8) is 0 Å². The molecular formula is C14H13ClF7N3O2. The number of benzene rings is 1. The summed E-state index contributed by atoms with van der Waals surface area (Å²) >= 11 is 5.41. The van der Waals surface area contributed by atoms with Gasteiger partial charge in [0.25, 0.3) is 5.78 Å². The van der Waals surface area contributed by atoms with Gasteiger partial charge in [0.05, 0.1) is 11.2 Å². The van der Waals surface area contributed by atoms with Crippen molar-refractivity contribution in [1.82, 2.24) is 16.2 Å². The summed E-state index contributed by atoms with van der Waals surface area (Å²) < 4.78 is 90.0. The topological polar surface area (TPSA) is 70.2 Å². The highest BCUT2D eigenvalue weighted by Crippen LogP contribution is 2.42. The molecule has 152 valence electrons. The fourth-order valence-corrected chi connectivity index (χ4v) is 1.91. The molecule has 0 fully saturated rings. The minimum atomic E-state index is -5.69. The first-order valence-corrected chi connectivity index (χ1v) is 7.44. The van der Waals surface area contributed by atoms with Crippen LogP contribution in [0.1, 0.15) is 24.2 Å². The quantitative estimate of drug-likeness (QED) is 0.216. The zero-order chi connectivity index (χ0) is 21.2. The van der Waals surface area contributed by atoms with Crippen LogP contribution in [-0.2, 0) is 4.79 Å². The third-order valence-corrected chi connectivity index (χ3v) is 3.74. The molecule has 1 rings (SSSR count). The fraction of sp³-hybridized carbons (Fsp3) is 0.429. The van der Waals surface area contributed by atoms with Crippen molar-refractivity contribution >= 4 is 23.3 Å². The lowest BCUT2D eigenvalue weighted by Crippen LogP contribution is -2.69. The largest absolute Gasteiger partial charge is 0.415 e. The highest BCUT2D eigenvalue weighted by Gasteiger charge is 2.68. The second kappa shape index (κ2) is 7.98. The average molecular weight is 424 g/mol. The van der Waals surface area contributed by atoms with E-state index >= 15 is 0 Å². The molecule has 0 radical (unpaired) electrons. The summed E-state index contributed by atoms with van der Waals surface area (Å²) in [7, 11) is 0. The van der Waals surface area contributed by atoms with Gasteiger partial charge in [-0.1, -0.05) is 11.6 Å². The first-order valence-electron chi connectivity index (χ1n) is 7.06. The molecule has 0 aliphatic heterocycles. The normalized spacial score (nSPS) is 14.0. The van der Waals surface area contributed by atoms with E-state index in [0.717, 1.165) is 19.1 Å². The molecule has 0 aliphatic carbocycles. The lowest BCUT2D eigenvalue weighted by Gasteiger charge is -2.37. The molecule has 3 N–H and O–H groups in total. The molecule has 5 nitrogen and oxygen atoms in total. The van der Waals surface area contributed by atoms with Crippen molar-refractivity contribution in [3.8, 4) is 0 Å². The first kappa shape index (κ1) is 23.1. The van der Waals surface area contributed by atoms with E-state index in [-0.39, 0.29) is 11.9 Å². The number of amides is 1. The van der Waals surface area contributed by atoms with Gasteiger partial charge in [-0.05, 0) is 32.0 Å². The molecule has 0 spiro atoms. The van der Waals surface area contributed by atoms with Gasteiger partial charge in [-0.15, -0.1) is 0 Å². The second-order valence-electron chi connectivity index (χ2n) is 5.54. The molecule has 1 amide bonds. The number of hydrogen-bond acceptors (Lipinski definition) is 4. The van der Waals surface area contributed by atoms with Gasteiger partial charge < -0.3 is 0 Å². The number of halogens is 8. The minimum Gasteiger partial charge on any atom is -0.283 e. The third kappa shape index (κ3) is 5.30. The van der Waals surface area contributed by atoms with Gasteiger partial charge in [0, 0.05) is 5.56 Å². The Balaban J connectivity index is 2.77. The number of carbonyl (C=O) groups excluding carboxylic acids is 2. The van der Waals surface area contributed by atoms with Crippen LogP contribution in [0.4, 0.5) is 30.7 Å². The van der Waals surface area contributed by atoms with Crippen molar-refractivity contribution in [3.05, 3.63) is 34.6 Å². The van der Waals surface area contributed by atoms with Gasteiger partial charge in [-0.3, -0.25) is 20.3 Å². The summed E-state index contributed by atoms with van der Waals surface area (Å²) in [5.74, 6) is -3.73. The number of rotatable bonds is 6. The molecule has 1 atom stereocenters. The minimum absolute atomic E-state index is 0.116. The molecule has 0 bridgehead atoms. The van der Waals surface area contributed by atoms with E-state index in [2.05, 4.69) is 0 Å². The monoisotopic (exact) mass is 423 g/mol. The van der Waals surface area contributed by atoms with E-state index in [9.17, 15) is 40.3 Å². The number of Topliss-reactive ketones (excluding diaryl/α,β-unsaturated/α-hetero) is 1. The molecule has 0 heterocycles. The lowest BCUT2D eigenvalue weighted by molar-refractivity contribution is -0.304. The number of hydrazine groups is 1. The van der Waals surface area contributed by atoms with Crippen LogP contribution in [0.2, 0.25) is 5.02 Å². The summed E-state index contributed by atoms with van der Waals surface area (Å²) in [5, 5.41) is 0.941. The number of nitrogens with one attached hydrogen (secondary N) is 3. The van der Waals surface area contributed by atoms with Crippen molar-refractivity contribution in [2.75, 3.05) is 0 Å². The van der Waals surface area contributed by atoms with E-state index in [4.69, 9.17) is 11.6 Å². The Bertz CT molecular complexity index is 708. The van der Waals surface area contributed by atoms with E-state index in [1.54, 1.807) is 5.43 Å². The van der Waals surface area contributed by atoms with Crippen molar-refractivity contribution in [2.24, 2.45) is 0 Å². The van der Waals surface area contributed by atoms with Crippen LogP contribution < -0.4 is 16.2 Å². The standard InChI is InChI=1S/C14H13ClF7N3O2/c1-6(23-12(2,13(17,18)19)14(20,21)22)24-25-11(27)10(26)7-3-4-8(15)9(16)5-7/h3-6,23-24H,1-2H3,(H,25,27). The van der Waals surface area contributed by atoms with E-state index in [0.29, 0.717) is 6.07 Å². The van der Waals surface area contributed by atoms with Gasteiger partial charge in [-0.25, -0.2) is 9.82 Å². The molecule has 13 heteroatoms. The summed E-state index contributed by atoms with van der Waals surface area (Å²) in [5.41, 5.74) is -1.24. The van der Waals surface area contributed by atoms with E-state index in [1.807, 2.05) is 5.43 Å². The van der Waals surface area contributed by atoms with Crippen molar-refractivity contribution < 1.29 is 40.3 Å². The Morgan fingerprint density at radius 3 is 2.04 bits per heavy atom. The van der Waals surface area contributed by atoms with Crippen molar-refractivity contribution in [2.45, 2.75) is 37.9 Å². The Morgan fingerprint density at radius 1 is 1.07 bits per heavy atom. The molecule has 0 aromatic heterocycles. The van der Waals surface area contributed by atoms with Gasteiger partial charge in [-0.2, -0.15) is 26.3 Å². The van der Waals surface area contributed by atoms with Crippen LogP contribution in [0.25, 0.3) is 0 Å². The average Bonchev–Trinajstić information content (AvgIpc) is 2.52. The smallest absolute Gasteiger partial charge is 0.283 e. The second-order valence-corrected chi connectivity index (χ2v) is 5.95. The fourth-order valence-electron chi connectivity index (χ4n) is 1.79. The molecule has 0 aliphatic rings. The molecule has 1 aromatic carbocycles. The zero-order valence-corrected chi connectivity index (χ0v) is 14.4.